The third kappa shape index (κ3) is 2.40. The van der Waals surface area contributed by atoms with Gasteiger partial charge in [0.2, 0.25) is 0 Å². The smallest absolute Gasteiger partial charge is 0.373 e. The first-order valence-corrected chi connectivity index (χ1v) is 4.96. The van der Waals surface area contributed by atoms with Gasteiger partial charge < -0.3 is 20.7 Å². The number of nitrogen functional groups attached to an aromatic ring is 1. The molecule has 1 aromatic rings. The van der Waals surface area contributed by atoms with Gasteiger partial charge in [-0.3, -0.25) is 4.98 Å². The average molecular weight is 207 g/mol. The number of nitrogens with zero attached hydrogens (tertiary/aromatic N) is 1. The largest absolute Gasteiger partial charge is 0.490 e. The molecule has 1 unspecified atom stereocenters. The van der Waals surface area contributed by atoms with E-state index < -0.39 is 7.05 Å². The lowest BCUT2D eigenvalue weighted by atomic mass is 9.86. The molecule has 6 heteroatoms. The van der Waals surface area contributed by atoms with Crippen molar-refractivity contribution >= 4 is 12.7 Å². The van der Waals surface area contributed by atoms with Gasteiger partial charge in [0.05, 0.1) is 17.6 Å². The van der Waals surface area contributed by atoms with E-state index in [1.54, 1.807) is 19.1 Å². The normalized spacial score (nSPS) is 19.2. The van der Waals surface area contributed by atoms with E-state index in [9.17, 15) is 5.02 Å². The number of aromatic nitrogens is 1. The third-order valence-corrected chi connectivity index (χ3v) is 2.31. The van der Waals surface area contributed by atoms with Gasteiger partial charge >= 0.3 is 7.05 Å². The highest BCUT2D eigenvalue weighted by Gasteiger charge is 2.22. The molecule has 1 aliphatic rings. The summed E-state index contributed by atoms with van der Waals surface area (Å²) in [5, 5.41) is 12.2. The molecular formula is C9H14BN3O2. The van der Waals surface area contributed by atoms with E-state index in [2.05, 4.69) is 10.2 Å². The predicted molar refractivity (Wildman–Crippen MR) is 58.6 cm³/mol. The summed E-state index contributed by atoms with van der Waals surface area (Å²) < 4.78 is 5.50. The number of pyridine rings is 1. The van der Waals surface area contributed by atoms with Gasteiger partial charge in [0.15, 0.2) is 0 Å². The summed E-state index contributed by atoms with van der Waals surface area (Å²) in [6.07, 6.45) is 2.37. The van der Waals surface area contributed by atoms with Gasteiger partial charge in [0.1, 0.15) is 12.4 Å². The number of fused-ring (bicyclic) bond motifs is 1. The van der Waals surface area contributed by atoms with Crippen LogP contribution in [-0.2, 0) is 6.42 Å². The van der Waals surface area contributed by atoms with Crippen molar-refractivity contribution in [3.8, 4) is 5.75 Å². The van der Waals surface area contributed by atoms with Crippen LogP contribution in [-0.4, -0.2) is 29.7 Å². The summed E-state index contributed by atoms with van der Waals surface area (Å²) in [6.45, 7) is 2.22. The van der Waals surface area contributed by atoms with Gasteiger partial charge in [-0.1, -0.05) is 0 Å². The lowest BCUT2D eigenvalue weighted by Crippen LogP contribution is -2.46. The standard InChI is InChI=1S/C9H14BN3O2/c1-10(14)13-7-3-8-9(15-5-7)2-6(11)4-12-8/h2,4,7,13-14H,3,5,11H2,1H3. The number of anilines is 1. The van der Waals surface area contributed by atoms with Gasteiger partial charge in [0, 0.05) is 18.5 Å². The Balaban J connectivity index is 2.10. The molecule has 0 aromatic carbocycles. The Hall–Kier alpha value is -1.27. The van der Waals surface area contributed by atoms with Crippen molar-refractivity contribution in [2.75, 3.05) is 12.3 Å². The maximum Gasteiger partial charge on any atom is 0.373 e. The number of nitrogens with one attached hydrogen (secondary N) is 1. The fraction of sp³-hybridized carbons (Fsp3) is 0.444. The van der Waals surface area contributed by atoms with Crippen LogP contribution in [0.2, 0.25) is 6.82 Å². The Kier molecular flexibility index (Phi) is 2.79. The molecular weight excluding hydrogens is 193 g/mol. The Labute approximate surface area is 88.8 Å². The van der Waals surface area contributed by atoms with Crippen LogP contribution < -0.4 is 15.7 Å². The lowest BCUT2D eigenvalue weighted by Gasteiger charge is -2.25. The molecule has 0 saturated carbocycles. The SMILES string of the molecule is CB(O)NC1COc2cc(N)cnc2C1. The fourth-order valence-corrected chi connectivity index (χ4v) is 1.70. The van der Waals surface area contributed by atoms with Gasteiger partial charge in [-0.2, -0.15) is 0 Å². The Morgan fingerprint density at radius 3 is 3.27 bits per heavy atom. The number of hydrogen-bond acceptors (Lipinski definition) is 5. The number of hydrogen-bond donors (Lipinski definition) is 3. The Bertz CT molecular complexity index is 359. The van der Waals surface area contributed by atoms with Gasteiger partial charge in [-0.15, -0.1) is 0 Å². The molecule has 0 fully saturated rings. The quantitative estimate of drug-likeness (QED) is 0.578. The molecule has 2 heterocycles. The molecule has 5 nitrogen and oxygen atoms in total. The topological polar surface area (TPSA) is 80.4 Å². The number of rotatable bonds is 2. The highest BCUT2D eigenvalue weighted by atomic mass is 16.5. The molecule has 1 aliphatic heterocycles. The zero-order chi connectivity index (χ0) is 10.8. The van der Waals surface area contributed by atoms with E-state index in [1.807, 2.05) is 0 Å². The van der Waals surface area contributed by atoms with E-state index in [0.717, 1.165) is 17.9 Å². The molecule has 0 spiro atoms. The predicted octanol–water partition coefficient (Wildman–Crippen LogP) is -0.333. The molecule has 1 atom stereocenters. The second-order valence-electron chi connectivity index (χ2n) is 3.77. The first-order chi connectivity index (χ1) is 7.15. The van der Waals surface area contributed by atoms with Crippen LogP contribution in [0, 0.1) is 0 Å². The van der Waals surface area contributed by atoms with E-state index in [1.165, 1.54) is 0 Å². The first kappa shape index (κ1) is 10.3. The minimum atomic E-state index is -0.533. The summed E-state index contributed by atoms with van der Waals surface area (Å²) in [4.78, 5) is 4.20. The van der Waals surface area contributed by atoms with Crippen LogP contribution in [0.1, 0.15) is 5.69 Å². The molecule has 2 rings (SSSR count). The number of nitrogens with two attached hydrogens (primary N) is 1. The summed E-state index contributed by atoms with van der Waals surface area (Å²) in [6, 6.07) is 1.88. The molecule has 0 saturated heterocycles. The minimum Gasteiger partial charge on any atom is -0.490 e. The van der Waals surface area contributed by atoms with E-state index in [0.29, 0.717) is 12.3 Å². The van der Waals surface area contributed by atoms with Gasteiger partial charge in [-0.05, 0) is 6.82 Å². The summed E-state index contributed by atoms with van der Waals surface area (Å²) >= 11 is 0. The van der Waals surface area contributed by atoms with Crippen LogP contribution in [0.5, 0.6) is 5.75 Å². The monoisotopic (exact) mass is 207 g/mol. The fourth-order valence-electron chi connectivity index (χ4n) is 1.70. The highest BCUT2D eigenvalue weighted by molar-refractivity contribution is 6.45. The van der Waals surface area contributed by atoms with E-state index in [4.69, 9.17) is 10.5 Å². The van der Waals surface area contributed by atoms with E-state index in [-0.39, 0.29) is 6.04 Å². The molecule has 0 radical (unpaired) electrons. The second-order valence-corrected chi connectivity index (χ2v) is 3.77. The van der Waals surface area contributed by atoms with Crippen molar-refractivity contribution in [2.24, 2.45) is 0 Å². The van der Waals surface area contributed by atoms with Crippen molar-refractivity contribution in [1.82, 2.24) is 10.2 Å². The zero-order valence-corrected chi connectivity index (χ0v) is 8.60. The molecule has 0 bridgehead atoms. The van der Waals surface area contributed by atoms with Crippen molar-refractivity contribution in [1.29, 1.82) is 0 Å². The van der Waals surface area contributed by atoms with Crippen LogP contribution in [0.15, 0.2) is 12.3 Å². The second kappa shape index (κ2) is 4.08. The van der Waals surface area contributed by atoms with Crippen molar-refractivity contribution in [2.45, 2.75) is 19.3 Å². The Morgan fingerprint density at radius 1 is 1.73 bits per heavy atom. The summed E-state index contributed by atoms with van der Waals surface area (Å²) in [5.74, 6) is 0.749. The van der Waals surface area contributed by atoms with E-state index >= 15 is 0 Å². The molecule has 1 aromatic heterocycles. The maximum atomic E-state index is 9.19. The minimum absolute atomic E-state index is 0.105. The molecule has 80 valence electrons. The zero-order valence-electron chi connectivity index (χ0n) is 8.60. The molecule has 15 heavy (non-hydrogen) atoms. The molecule has 0 amide bonds. The van der Waals surface area contributed by atoms with Crippen LogP contribution in [0.4, 0.5) is 5.69 Å². The summed E-state index contributed by atoms with van der Waals surface area (Å²) in [5.41, 5.74) is 7.09. The van der Waals surface area contributed by atoms with Crippen LogP contribution in [0.25, 0.3) is 0 Å². The summed E-state index contributed by atoms with van der Waals surface area (Å²) in [7, 11) is -0.533. The average Bonchev–Trinajstić information content (AvgIpc) is 2.17. The lowest BCUT2D eigenvalue weighted by molar-refractivity contribution is 0.247. The Morgan fingerprint density at radius 2 is 2.53 bits per heavy atom. The maximum absolute atomic E-state index is 9.19. The first-order valence-electron chi connectivity index (χ1n) is 4.96. The molecule has 0 aliphatic carbocycles. The van der Waals surface area contributed by atoms with Gasteiger partial charge in [-0.25, -0.2) is 0 Å². The van der Waals surface area contributed by atoms with Crippen LogP contribution in [0.3, 0.4) is 0 Å². The van der Waals surface area contributed by atoms with Crippen molar-refractivity contribution < 1.29 is 9.76 Å². The van der Waals surface area contributed by atoms with Gasteiger partial charge in [0.25, 0.3) is 0 Å². The number of ether oxygens (including phenoxy) is 1. The van der Waals surface area contributed by atoms with Crippen LogP contribution >= 0.6 is 0 Å². The third-order valence-electron chi connectivity index (χ3n) is 2.31. The van der Waals surface area contributed by atoms with Crippen molar-refractivity contribution in [3.63, 3.8) is 0 Å². The molecule has 4 N–H and O–H groups in total. The van der Waals surface area contributed by atoms with Crippen molar-refractivity contribution in [3.05, 3.63) is 18.0 Å². The highest BCUT2D eigenvalue weighted by Crippen LogP contribution is 2.24.